The van der Waals surface area contributed by atoms with Gasteiger partial charge in [0.25, 0.3) is 0 Å². The van der Waals surface area contributed by atoms with Gasteiger partial charge in [0.1, 0.15) is 12.4 Å². The van der Waals surface area contributed by atoms with Crippen molar-refractivity contribution in [3.63, 3.8) is 0 Å². The van der Waals surface area contributed by atoms with Crippen LogP contribution in [0, 0.1) is 5.82 Å². The molecule has 1 fully saturated rings. The molecule has 2 heterocycles. The molecule has 0 spiro atoms. The first-order valence-electron chi connectivity index (χ1n) is 10.7. The van der Waals surface area contributed by atoms with Gasteiger partial charge in [-0.1, -0.05) is 48.0 Å². The lowest BCUT2D eigenvalue weighted by Gasteiger charge is -2.24. The van der Waals surface area contributed by atoms with Crippen LogP contribution < -0.4 is 0 Å². The second-order valence-corrected chi connectivity index (χ2v) is 7.95. The molecule has 4 rings (SSSR count). The van der Waals surface area contributed by atoms with Crippen LogP contribution in [0.4, 0.5) is 9.18 Å². The molecular weight excluding hydrogens is 449 g/mol. The van der Waals surface area contributed by atoms with Crippen molar-refractivity contribution in [1.82, 2.24) is 14.5 Å². The number of hydrogen-bond acceptors (Lipinski definition) is 5. The Bertz CT molecular complexity index is 1150. The number of hydrogen-bond donors (Lipinski definition) is 0. The molecule has 3 aromatic rings. The zero-order chi connectivity index (χ0) is 23.4. The molecule has 1 aliphatic heterocycles. The van der Waals surface area contributed by atoms with E-state index in [4.69, 9.17) is 21.1 Å². The lowest BCUT2D eigenvalue weighted by atomic mass is 10.2. The minimum atomic E-state index is -0.649. The molecule has 0 radical (unpaired) electrons. The predicted octanol–water partition coefficient (Wildman–Crippen LogP) is 5.32. The highest BCUT2D eigenvalue weighted by Crippen LogP contribution is 2.34. The van der Waals surface area contributed by atoms with E-state index in [1.54, 1.807) is 17.9 Å². The minimum absolute atomic E-state index is 0.0238. The van der Waals surface area contributed by atoms with Gasteiger partial charge in [-0.25, -0.2) is 19.0 Å². The van der Waals surface area contributed by atoms with Crippen LogP contribution in [-0.4, -0.2) is 39.7 Å². The van der Waals surface area contributed by atoms with E-state index in [1.807, 2.05) is 30.3 Å². The smallest absolute Gasteiger partial charge is 0.410 e. The molecule has 2 aromatic carbocycles. The van der Waals surface area contributed by atoms with Gasteiger partial charge in [-0.05, 0) is 37.5 Å². The van der Waals surface area contributed by atoms with Crippen LogP contribution in [0.2, 0.25) is 5.02 Å². The number of rotatable bonds is 6. The van der Waals surface area contributed by atoms with Gasteiger partial charge in [0.05, 0.1) is 23.4 Å². The van der Waals surface area contributed by atoms with Gasteiger partial charge in [-0.15, -0.1) is 0 Å². The Kier molecular flexibility index (Phi) is 6.93. The number of benzene rings is 2. The fraction of sp³-hybridized carbons (Fsp3) is 0.292. The van der Waals surface area contributed by atoms with Crippen LogP contribution in [-0.2, 0) is 16.1 Å². The van der Waals surface area contributed by atoms with E-state index in [1.165, 1.54) is 22.9 Å². The van der Waals surface area contributed by atoms with Gasteiger partial charge in [-0.2, -0.15) is 0 Å². The Balaban J connectivity index is 1.66. The van der Waals surface area contributed by atoms with Crippen LogP contribution in [0.25, 0.3) is 5.69 Å². The summed E-state index contributed by atoms with van der Waals surface area (Å²) in [6, 6.07) is 13.4. The lowest BCUT2D eigenvalue weighted by Crippen LogP contribution is -2.32. The first-order chi connectivity index (χ1) is 16.0. The number of carbonyl (C=O) groups excluding carboxylic acids is 2. The molecule has 1 amide bonds. The Labute approximate surface area is 195 Å². The van der Waals surface area contributed by atoms with Crippen molar-refractivity contribution in [3.05, 3.63) is 82.6 Å². The minimum Gasteiger partial charge on any atom is -0.461 e. The number of aromatic nitrogens is 2. The summed E-state index contributed by atoms with van der Waals surface area (Å²) in [4.78, 5) is 31.2. The van der Waals surface area contributed by atoms with Gasteiger partial charge in [-0.3, -0.25) is 9.47 Å². The van der Waals surface area contributed by atoms with Crippen LogP contribution in [0.5, 0.6) is 0 Å². The molecule has 0 saturated carbocycles. The summed E-state index contributed by atoms with van der Waals surface area (Å²) in [5.41, 5.74) is 1.02. The first kappa shape index (κ1) is 22.8. The number of amides is 1. The molecule has 1 aliphatic rings. The topological polar surface area (TPSA) is 73.7 Å². The number of carbonyl (C=O) groups is 2. The second kappa shape index (κ2) is 10.0. The molecule has 0 N–H and O–H groups in total. The molecule has 7 nitrogen and oxygen atoms in total. The Morgan fingerprint density at radius 2 is 1.94 bits per heavy atom. The van der Waals surface area contributed by atoms with Gasteiger partial charge in [0.2, 0.25) is 0 Å². The summed E-state index contributed by atoms with van der Waals surface area (Å²) < 4.78 is 26.9. The zero-order valence-electron chi connectivity index (χ0n) is 18.0. The van der Waals surface area contributed by atoms with Crippen molar-refractivity contribution < 1.29 is 23.5 Å². The third-order valence-electron chi connectivity index (χ3n) is 5.40. The molecule has 33 heavy (non-hydrogen) atoms. The normalized spacial score (nSPS) is 15.5. The summed E-state index contributed by atoms with van der Waals surface area (Å²) in [7, 11) is 0. The van der Waals surface area contributed by atoms with Crippen molar-refractivity contribution in [2.24, 2.45) is 0 Å². The molecule has 0 bridgehead atoms. The monoisotopic (exact) mass is 471 g/mol. The van der Waals surface area contributed by atoms with E-state index in [9.17, 15) is 14.0 Å². The molecule has 1 aromatic heterocycles. The van der Waals surface area contributed by atoms with Crippen LogP contribution in [0.15, 0.2) is 54.7 Å². The summed E-state index contributed by atoms with van der Waals surface area (Å²) >= 11 is 5.99. The Morgan fingerprint density at radius 3 is 2.70 bits per heavy atom. The Hall–Kier alpha value is -3.39. The highest BCUT2D eigenvalue weighted by atomic mass is 35.5. The van der Waals surface area contributed by atoms with Crippen molar-refractivity contribution in [1.29, 1.82) is 0 Å². The van der Waals surface area contributed by atoms with Crippen molar-refractivity contribution in [2.45, 2.75) is 32.4 Å². The summed E-state index contributed by atoms with van der Waals surface area (Å²) in [6.07, 6.45) is 2.21. The van der Waals surface area contributed by atoms with Gasteiger partial charge in [0, 0.05) is 12.7 Å². The lowest BCUT2D eigenvalue weighted by molar-refractivity contribution is 0.0519. The third kappa shape index (κ3) is 4.85. The SMILES string of the molecule is CCOC(=O)c1cn(-c2cccc(Cl)c2F)c(C2CCCN2C(=O)OCc2ccccc2)n1. The molecule has 1 unspecified atom stereocenters. The van der Waals surface area contributed by atoms with E-state index in [-0.39, 0.29) is 29.6 Å². The second-order valence-electron chi connectivity index (χ2n) is 7.54. The summed E-state index contributed by atoms with van der Waals surface area (Å²) in [5.74, 6) is -0.936. The number of halogens is 2. The number of nitrogens with zero attached hydrogens (tertiary/aromatic N) is 3. The molecule has 172 valence electrons. The first-order valence-corrected chi connectivity index (χ1v) is 11.1. The molecule has 0 aliphatic carbocycles. The maximum Gasteiger partial charge on any atom is 0.410 e. The standard InChI is InChI=1S/C24H23ClFN3O4/c1-2-32-23(30)18-14-29(19-11-6-10-17(25)21(19)26)22(27-18)20-12-7-13-28(20)24(31)33-15-16-8-4-3-5-9-16/h3-6,8-11,14,20H,2,7,12-13,15H2,1H3. The molecular formula is C24H23ClFN3O4. The average Bonchev–Trinajstić information content (AvgIpc) is 3.47. The van der Waals surface area contributed by atoms with Crippen molar-refractivity contribution >= 4 is 23.7 Å². The number of ether oxygens (including phenoxy) is 2. The number of esters is 1. The summed E-state index contributed by atoms with van der Waals surface area (Å²) in [6.45, 7) is 2.45. The van der Waals surface area contributed by atoms with Gasteiger partial charge in [0.15, 0.2) is 11.5 Å². The zero-order valence-corrected chi connectivity index (χ0v) is 18.8. The number of likely N-dealkylation sites (tertiary alicyclic amines) is 1. The summed E-state index contributed by atoms with van der Waals surface area (Å²) in [5, 5.41) is -0.0598. The number of imidazole rings is 1. The van der Waals surface area contributed by atoms with E-state index >= 15 is 0 Å². The highest BCUT2D eigenvalue weighted by Gasteiger charge is 2.36. The van der Waals surface area contributed by atoms with Crippen LogP contribution in [0.3, 0.4) is 0 Å². The Morgan fingerprint density at radius 1 is 1.15 bits per heavy atom. The molecule has 1 atom stereocenters. The van der Waals surface area contributed by atoms with E-state index in [0.717, 1.165) is 5.56 Å². The molecule has 9 heteroatoms. The maximum atomic E-state index is 14.9. The van der Waals surface area contributed by atoms with Crippen molar-refractivity contribution in [2.75, 3.05) is 13.2 Å². The van der Waals surface area contributed by atoms with Gasteiger partial charge < -0.3 is 9.47 Å². The fourth-order valence-electron chi connectivity index (χ4n) is 3.86. The fourth-order valence-corrected chi connectivity index (χ4v) is 4.03. The maximum absolute atomic E-state index is 14.9. The van der Waals surface area contributed by atoms with Crippen molar-refractivity contribution in [3.8, 4) is 5.69 Å². The van der Waals surface area contributed by atoms with E-state index < -0.39 is 23.9 Å². The largest absolute Gasteiger partial charge is 0.461 e. The van der Waals surface area contributed by atoms with Gasteiger partial charge >= 0.3 is 12.1 Å². The van der Waals surface area contributed by atoms with E-state index in [2.05, 4.69) is 4.98 Å². The highest BCUT2D eigenvalue weighted by molar-refractivity contribution is 6.30. The average molecular weight is 472 g/mol. The quantitative estimate of drug-likeness (QED) is 0.455. The predicted molar refractivity (Wildman–Crippen MR) is 120 cm³/mol. The third-order valence-corrected chi connectivity index (χ3v) is 5.69. The molecule has 1 saturated heterocycles. The van der Waals surface area contributed by atoms with Crippen LogP contribution >= 0.6 is 11.6 Å². The van der Waals surface area contributed by atoms with E-state index in [0.29, 0.717) is 25.2 Å². The van der Waals surface area contributed by atoms with Crippen LogP contribution in [0.1, 0.15) is 47.7 Å².